The van der Waals surface area contributed by atoms with Gasteiger partial charge in [-0.15, -0.1) is 0 Å². The molecule has 1 amide bonds. The van der Waals surface area contributed by atoms with Crippen molar-refractivity contribution in [3.63, 3.8) is 0 Å². The first-order valence-electron chi connectivity index (χ1n) is 2.47. The van der Waals surface area contributed by atoms with E-state index in [0.717, 1.165) is 0 Å². The summed E-state index contributed by atoms with van der Waals surface area (Å²) < 4.78 is 35.4. The van der Waals surface area contributed by atoms with Gasteiger partial charge in [-0.25, -0.2) is 4.79 Å². The Bertz CT molecular complexity index is 171. The third-order valence-electron chi connectivity index (χ3n) is 1.12. The van der Waals surface area contributed by atoms with E-state index >= 15 is 0 Å². The van der Waals surface area contributed by atoms with Crippen LogP contribution in [0.1, 0.15) is 0 Å². The Balaban J connectivity index is 4.75. The van der Waals surface area contributed by atoms with E-state index in [1.807, 2.05) is 0 Å². The standard InChI is InChI=1S/C4H5BrF3NO2/c5-1-3(11,2(9)10)4(6,7)8/h11H,1H2,(H2,9,10)/p+1. The Kier molecular flexibility index (Phi) is 3.04. The highest BCUT2D eigenvalue weighted by molar-refractivity contribution is 9.09. The van der Waals surface area contributed by atoms with E-state index in [2.05, 4.69) is 21.7 Å². The van der Waals surface area contributed by atoms with E-state index in [4.69, 9.17) is 5.11 Å². The molecule has 0 aliphatic carbocycles. The maximum atomic E-state index is 11.8. The molecule has 0 rings (SSSR count). The first-order valence-corrected chi connectivity index (χ1v) is 3.59. The topological polar surface area (TPSA) is 64.9 Å². The highest BCUT2D eigenvalue weighted by atomic mass is 79.9. The van der Waals surface area contributed by atoms with Gasteiger partial charge in [-0.05, 0) is 0 Å². The van der Waals surface area contributed by atoms with Crippen LogP contribution in [-0.4, -0.2) is 28.1 Å². The first kappa shape index (κ1) is 10.9. The van der Waals surface area contributed by atoms with Gasteiger partial charge >= 0.3 is 12.1 Å². The zero-order valence-corrected chi connectivity index (χ0v) is 6.87. The number of hydrogen-bond donors (Lipinski definition) is 2. The van der Waals surface area contributed by atoms with E-state index in [0.29, 0.717) is 0 Å². The van der Waals surface area contributed by atoms with Crippen molar-refractivity contribution in [2.45, 2.75) is 11.8 Å². The second-order valence-electron chi connectivity index (χ2n) is 1.91. The maximum absolute atomic E-state index is 11.8. The van der Waals surface area contributed by atoms with Crippen LogP contribution in [0.25, 0.3) is 0 Å². The van der Waals surface area contributed by atoms with Gasteiger partial charge in [0, 0.05) is 0 Å². The lowest BCUT2D eigenvalue weighted by molar-refractivity contribution is -0.350. The van der Waals surface area contributed by atoms with Gasteiger partial charge in [0.1, 0.15) is 0 Å². The monoisotopic (exact) mass is 236 g/mol. The van der Waals surface area contributed by atoms with Crippen LogP contribution in [0.4, 0.5) is 13.2 Å². The minimum Gasteiger partial charge on any atom is -0.369 e. The Morgan fingerprint density at radius 2 is 1.91 bits per heavy atom. The second kappa shape index (κ2) is 3.08. The van der Waals surface area contributed by atoms with Gasteiger partial charge in [-0.2, -0.15) is 13.2 Å². The van der Waals surface area contributed by atoms with Crippen LogP contribution >= 0.6 is 15.9 Å². The predicted molar refractivity (Wildman–Crippen MR) is 32.7 cm³/mol. The summed E-state index contributed by atoms with van der Waals surface area (Å²) >= 11 is 2.38. The number of aliphatic hydroxyl groups is 1. The molecule has 66 valence electrons. The van der Waals surface area contributed by atoms with E-state index in [9.17, 15) is 18.0 Å². The fourth-order valence-corrected chi connectivity index (χ4v) is 0.939. The molecule has 0 fully saturated rings. The minimum absolute atomic E-state index is 0.897. The lowest BCUT2D eigenvalue weighted by atomic mass is 10.1. The van der Waals surface area contributed by atoms with Crippen LogP contribution in [0.5, 0.6) is 0 Å². The third kappa shape index (κ3) is 1.91. The summed E-state index contributed by atoms with van der Waals surface area (Å²) in [6.45, 7) is 0. The first-order chi connectivity index (χ1) is 4.75. The van der Waals surface area contributed by atoms with Crippen molar-refractivity contribution in [1.82, 2.24) is 0 Å². The number of hydrogen-bond acceptors (Lipinski definition) is 2. The molecule has 3 nitrogen and oxygen atoms in total. The van der Waals surface area contributed by atoms with Gasteiger partial charge in [0.05, 0.1) is 5.33 Å². The summed E-state index contributed by atoms with van der Waals surface area (Å²) in [6, 6.07) is 0. The molecule has 1 atom stereocenters. The molecule has 0 aromatic heterocycles. The van der Waals surface area contributed by atoms with Crippen molar-refractivity contribution in [1.29, 1.82) is 0 Å². The van der Waals surface area contributed by atoms with Gasteiger partial charge in [0.15, 0.2) is 0 Å². The molecule has 0 saturated heterocycles. The summed E-state index contributed by atoms with van der Waals surface area (Å²) in [7, 11) is 0. The van der Waals surface area contributed by atoms with Crippen LogP contribution in [0, 0.1) is 0 Å². The van der Waals surface area contributed by atoms with Crippen LogP contribution in [0.2, 0.25) is 0 Å². The number of alkyl halides is 4. The summed E-state index contributed by atoms with van der Waals surface area (Å²) in [6.07, 6.45) is -4.98. The minimum atomic E-state index is -4.98. The fourth-order valence-electron chi connectivity index (χ4n) is 0.308. The molecular weight excluding hydrogens is 231 g/mol. The lowest BCUT2D eigenvalue weighted by Gasteiger charge is -2.21. The molecule has 0 aliphatic rings. The van der Waals surface area contributed by atoms with Crippen molar-refractivity contribution in [3.05, 3.63) is 0 Å². The SMILES string of the molecule is [NH3+]C(=O)C(O)(CBr)C(F)(F)F. The lowest BCUT2D eigenvalue weighted by Crippen LogP contribution is -2.73. The number of carbonyl (C=O) groups is 1. The van der Waals surface area contributed by atoms with Crippen LogP contribution in [0.15, 0.2) is 0 Å². The predicted octanol–water partition coefficient (Wildman–Crippen LogP) is -0.557. The van der Waals surface area contributed by atoms with E-state index < -0.39 is 23.0 Å². The quantitative estimate of drug-likeness (QED) is 0.632. The molecule has 0 spiro atoms. The van der Waals surface area contributed by atoms with Gasteiger partial charge in [-0.3, -0.25) is 5.73 Å². The summed E-state index contributed by atoms with van der Waals surface area (Å²) in [5.74, 6) is -1.57. The van der Waals surface area contributed by atoms with Crippen molar-refractivity contribution in [2.24, 2.45) is 0 Å². The molecule has 7 heteroatoms. The molecule has 0 radical (unpaired) electrons. The zero-order chi connectivity index (χ0) is 9.28. The molecule has 11 heavy (non-hydrogen) atoms. The van der Waals surface area contributed by atoms with Crippen LogP contribution in [0.3, 0.4) is 0 Å². The van der Waals surface area contributed by atoms with Crippen molar-refractivity contribution in [3.8, 4) is 0 Å². The van der Waals surface area contributed by atoms with E-state index in [1.165, 1.54) is 0 Å². The molecule has 0 aliphatic heterocycles. The maximum Gasteiger partial charge on any atom is 0.431 e. The molecule has 0 aromatic rings. The van der Waals surface area contributed by atoms with Crippen molar-refractivity contribution >= 4 is 21.8 Å². The highest BCUT2D eigenvalue weighted by Crippen LogP contribution is 2.30. The van der Waals surface area contributed by atoms with Crippen LogP contribution in [-0.2, 0) is 4.79 Å². The summed E-state index contributed by atoms with van der Waals surface area (Å²) in [5.41, 5.74) is -0.845. The van der Waals surface area contributed by atoms with Crippen LogP contribution < -0.4 is 5.73 Å². The zero-order valence-electron chi connectivity index (χ0n) is 5.28. The number of quaternary nitrogens is 1. The average Bonchev–Trinajstić information content (AvgIpc) is 1.83. The van der Waals surface area contributed by atoms with E-state index in [-0.39, 0.29) is 0 Å². The average molecular weight is 237 g/mol. The number of rotatable bonds is 2. The van der Waals surface area contributed by atoms with Crippen molar-refractivity contribution in [2.75, 3.05) is 5.33 Å². The summed E-state index contributed by atoms with van der Waals surface area (Å²) in [5, 5.41) is 7.75. The molecule has 0 bridgehead atoms. The molecule has 0 aromatic carbocycles. The Hall–Kier alpha value is -0.140. The number of amides is 1. The largest absolute Gasteiger partial charge is 0.431 e. The van der Waals surface area contributed by atoms with Gasteiger partial charge in [0.2, 0.25) is 0 Å². The smallest absolute Gasteiger partial charge is 0.369 e. The fraction of sp³-hybridized carbons (Fsp3) is 0.750. The van der Waals surface area contributed by atoms with Gasteiger partial charge < -0.3 is 5.11 Å². The molecule has 1 unspecified atom stereocenters. The Morgan fingerprint density at radius 3 is 1.91 bits per heavy atom. The molecule has 0 heterocycles. The number of carbonyl (C=O) groups excluding carboxylic acids is 1. The van der Waals surface area contributed by atoms with Crippen molar-refractivity contribution < 1.29 is 28.8 Å². The van der Waals surface area contributed by atoms with Gasteiger partial charge in [0.25, 0.3) is 5.60 Å². The molecular formula is C4H6BrF3NO2+. The summed E-state index contributed by atoms with van der Waals surface area (Å²) in [4.78, 5) is 10.2. The Morgan fingerprint density at radius 1 is 1.55 bits per heavy atom. The molecule has 0 saturated carbocycles. The second-order valence-corrected chi connectivity index (χ2v) is 2.48. The third-order valence-corrected chi connectivity index (χ3v) is 1.94. The Labute approximate surface area is 68.5 Å². The van der Waals surface area contributed by atoms with E-state index in [1.54, 1.807) is 0 Å². The van der Waals surface area contributed by atoms with Gasteiger partial charge in [-0.1, -0.05) is 15.9 Å². The number of halogens is 4. The normalized spacial score (nSPS) is 17.6. The highest BCUT2D eigenvalue weighted by Gasteiger charge is 2.60. The molecule has 4 N–H and O–H groups in total.